The standard InChI is InChI=1S/C27H42N8O3/c28-11-15-37-17-18-38-16-12-29-24(36)22-9-6-10-23(19-22)31-26-32-25(30-20-21-7-2-1-3-8-21)33-27(34-26)35-13-4-5-14-35/h6,9-10,19,21H,1-5,7-8,11-18,20,28H2,(H,29,36)(H2,30,31,32,33,34). The Morgan fingerprint density at radius 3 is 2.50 bits per heavy atom. The largest absolute Gasteiger partial charge is 0.378 e. The van der Waals surface area contributed by atoms with Crippen molar-refractivity contribution in [1.29, 1.82) is 0 Å². The van der Waals surface area contributed by atoms with Crippen molar-refractivity contribution in [3.05, 3.63) is 29.8 Å². The molecule has 1 saturated carbocycles. The highest BCUT2D eigenvalue weighted by Gasteiger charge is 2.19. The lowest BCUT2D eigenvalue weighted by Gasteiger charge is -2.22. The molecule has 0 bridgehead atoms. The van der Waals surface area contributed by atoms with Gasteiger partial charge in [0.2, 0.25) is 17.8 Å². The summed E-state index contributed by atoms with van der Waals surface area (Å²) in [4.78, 5) is 28.9. The fourth-order valence-electron chi connectivity index (χ4n) is 4.80. The number of nitrogens with zero attached hydrogens (tertiary/aromatic N) is 4. The van der Waals surface area contributed by atoms with Gasteiger partial charge in [-0.1, -0.05) is 25.3 Å². The SMILES string of the molecule is NCCOCCOCCNC(=O)c1cccc(Nc2nc(NCC3CCCCC3)nc(N3CCCC3)n2)c1. The first-order chi connectivity index (χ1) is 18.7. The average Bonchev–Trinajstić information content (AvgIpc) is 3.49. The van der Waals surface area contributed by atoms with Crippen LogP contribution in [0.1, 0.15) is 55.3 Å². The van der Waals surface area contributed by atoms with E-state index in [1.807, 2.05) is 12.1 Å². The van der Waals surface area contributed by atoms with Crippen LogP contribution in [0.5, 0.6) is 0 Å². The van der Waals surface area contributed by atoms with Gasteiger partial charge in [-0.15, -0.1) is 0 Å². The number of anilines is 4. The molecule has 2 fully saturated rings. The molecular weight excluding hydrogens is 484 g/mol. The Labute approximate surface area is 225 Å². The third-order valence-corrected chi connectivity index (χ3v) is 6.83. The fourth-order valence-corrected chi connectivity index (χ4v) is 4.80. The summed E-state index contributed by atoms with van der Waals surface area (Å²) in [6.07, 6.45) is 8.74. The van der Waals surface area contributed by atoms with E-state index in [4.69, 9.17) is 25.2 Å². The van der Waals surface area contributed by atoms with Crippen LogP contribution in [-0.2, 0) is 9.47 Å². The van der Waals surface area contributed by atoms with Crippen molar-refractivity contribution in [2.45, 2.75) is 44.9 Å². The van der Waals surface area contributed by atoms with Gasteiger partial charge in [-0.3, -0.25) is 4.79 Å². The van der Waals surface area contributed by atoms with Crippen molar-refractivity contribution in [2.75, 3.05) is 74.7 Å². The van der Waals surface area contributed by atoms with Crippen LogP contribution in [-0.4, -0.2) is 80.0 Å². The summed E-state index contributed by atoms with van der Waals surface area (Å²) < 4.78 is 10.7. The second kappa shape index (κ2) is 15.4. The summed E-state index contributed by atoms with van der Waals surface area (Å²) in [5.74, 6) is 2.25. The highest BCUT2D eigenvalue weighted by Crippen LogP contribution is 2.25. The Morgan fingerprint density at radius 2 is 1.71 bits per heavy atom. The van der Waals surface area contributed by atoms with E-state index in [2.05, 4.69) is 25.8 Å². The Bertz CT molecular complexity index is 996. The highest BCUT2D eigenvalue weighted by atomic mass is 16.5. The molecule has 2 aliphatic rings. The van der Waals surface area contributed by atoms with Gasteiger partial charge in [0.05, 0.1) is 26.4 Å². The van der Waals surface area contributed by atoms with Gasteiger partial charge in [0.15, 0.2) is 0 Å². The van der Waals surface area contributed by atoms with E-state index in [1.54, 1.807) is 12.1 Å². The monoisotopic (exact) mass is 526 g/mol. The molecule has 208 valence electrons. The molecule has 2 heterocycles. The van der Waals surface area contributed by atoms with Crippen molar-refractivity contribution in [2.24, 2.45) is 11.7 Å². The average molecular weight is 527 g/mol. The second-order valence-corrected chi connectivity index (χ2v) is 9.84. The van der Waals surface area contributed by atoms with Crippen LogP contribution in [0.15, 0.2) is 24.3 Å². The van der Waals surface area contributed by atoms with Crippen LogP contribution in [0.25, 0.3) is 0 Å². The van der Waals surface area contributed by atoms with Crippen LogP contribution in [0.4, 0.5) is 23.5 Å². The third kappa shape index (κ3) is 9.07. The molecule has 1 saturated heterocycles. The van der Waals surface area contributed by atoms with Crippen molar-refractivity contribution in [3.8, 4) is 0 Å². The summed E-state index contributed by atoms with van der Waals surface area (Å²) in [5.41, 5.74) is 6.66. The van der Waals surface area contributed by atoms with Gasteiger partial charge in [-0.2, -0.15) is 15.0 Å². The van der Waals surface area contributed by atoms with Gasteiger partial charge in [-0.25, -0.2) is 0 Å². The zero-order chi connectivity index (χ0) is 26.4. The Hall–Kier alpha value is -3.02. The molecule has 11 nitrogen and oxygen atoms in total. The topological polar surface area (TPSA) is 140 Å². The number of aromatic nitrogens is 3. The molecule has 1 aromatic carbocycles. The first-order valence-electron chi connectivity index (χ1n) is 14.0. The van der Waals surface area contributed by atoms with E-state index >= 15 is 0 Å². The van der Waals surface area contributed by atoms with E-state index in [-0.39, 0.29) is 5.91 Å². The molecule has 1 amide bonds. The zero-order valence-corrected chi connectivity index (χ0v) is 22.3. The molecule has 0 spiro atoms. The first kappa shape index (κ1) is 28.0. The van der Waals surface area contributed by atoms with Gasteiger partial charge >= 0.3 is 0 Å². The summed E-state index contributed by atoms with van der Waals surface area (Å²) in [5, 5.41) is 9.63. The van der Waals surface area contributed by atoms with Crippen LogP contribution in [0.2, 0.25) is 0 Å². The molecule has 0 radical (unpaired) electrons. The predicted molar refractivity (Wildman–Crippen MR) is 149 cm³/mol. The summed E-state index contributed by atoms with van der Waals surface area (Å²) in [6, 6.07) is 7.32. The van der Waals surface area contributed by atoms with Gasteiger partial charge in [-0.05, 0) is 49.8 Å². The van der Waals surface area contributed by atoms with Crippen molar-refractivity contribution >= 4 is 29.4 Å². The van der Waals surface area contributed by atoms with Gasteiger partial charge in [0.1, 0.15) is 0 Å². The number of rotatable bonds is 15. The first-order valence-corrected chi connectivity index (χ1v) is 14.0. The van der Waals surface area contributed by atoms with E-state index in [9.17, 15) is 4.79 Å². The van der Waals surface area contributed by atoms with Gasteiger partial charge in [0, 0.05) is 44.0 Å². The highest BCUT2D eigenvalue weighted by molar-refractivity contribution is 5.95. The fraction of sp³-hybridized carbons (Fsp3) is 0.630. The van der Waals surface area contributed by atoms with Crippen LogP contribution < -0.4 is 26.6 Å². The molecule has 1 aliphatic carbocycles. The minimum absolute atomic E-state index is 0.167. The number of carbonyl (C=O) groups excluding carboxylic acids is 1. The quantitative estimate of drug-likeness (QED) is 0.256. The van der Waals surface area contributed by atoms with Crippen molar-refractivity contribution in [1.82, 2.24) is 20.3 Å². The molecule has 0 atom stereocenters. The van der Waals surface area contributed by atoms with Gasteiger partial charge < -0.3 is 36.1 Å². The number of hydrogen-bond acceptors (Lipinski definition) is 10. The molecule has 2 aromatic rings. The lowest BCUT2D eigenvalue weighted by Crippen LogP contribution is -2.27. The Kier molecular flexibility index (Phi) is 11.4. The third-order valence-electron chi connectivity index (χ3n) is 6.83. The number of ether oxygens (including phenoxy) is 2. The summed E-state index contributed by atoms with van der Waals surface area (Å²) in [7, 11) is 0. The summed E-state index contributed by atoms with van der Waals surface area (Å²) in [6.45, 7) is 5.58. The molecular formula is C27H42N8O3. The number of carbonyl (C=O) groups is 1. The van der Waals surface area contributed by atoms with Gasteiger partial charge in [0.25, 0.3) is 5.91 Å². The lowest BCUT2D eigenvalue weighted by atomic mass is 9.89. The smallest absolute Gasteiger partial charge is 0.251 e. The number of hydrogen-bond donors (Lipinski definition) is 4. The number of nitrogens with two attached hydrogens (primary N) is 1. The van der Waals surface area contributed by atoms with E-state index in [1.165, 1.54) is 32.1 Å². The zero-order valence-electron chi connectivity index (χ0n) is 22.3. The maximum Gasteiger partial charge on any atom is 0.251 e. The number of nitrogens with one attached hydrogen (secondary N) is 3. The number of benzene rings is 1. The molecule has 11 heteroatoms. The summed E-state index contributed by atoms with van der Waals surface area (Å²) >= 11 is 0. The van der Waals surface area contributed by atoms with Crippen LogP contribution in [0, 0.1) is 5.92 Å². The van der Waals surface area contributed by atoms with E-state index in [0.29, 0.717) is 68.8 Å². The van der Waals surface area contributed by atoms with Crippen molar-refractivity contribution in [3.63, 3.8) is 0 Å². The minimum atomic E-state index is -0.167. The number of amides is 1. The molecule has 38 heavy (non-hydrogen) atoms. The second-order valence-electron chi connectivity index (χ2n) is 9.84. The van der Waals surface area contributed by atoms with E-state index < -0.39 is 0 Å². The Morgan fingerprint density at radius 1 is 0.947 bits per heavy atom. The van der Waals surface area contributed by atoms with Crippen LogP contribution >= 0.6 is 0 Å². The minimum Gasteiger partial charge on any atom is -0.378 e. The normalized spacial score (nSPS) is 16.0. The van der Waals surface area contributed by atoms with E-state index in [0.717, 1.165) is 38.2 Å². The molecule has 5 N–H and O–H groups in total. The molecule has 1 aromatic heterocycles. The molecule has 4 rings (SSSR count). The Balaban J connectivity index is 1.34. The predicted octanol–water partition coefficient (Wildman–Crippen LogP) is 2.93. The maximum absolute atomic E-state index is 12.7. The maximum atomic E-state index is 12.7. The van der Waals surface area contributed by atoms with Crippen LogP contribution in [0.3, 0.4) is 0 Å². The molecule has 0 unspecified atom stereocenters. The lowest BCUT2D eigenvalue weighted by molar-refractivity contribution is 0.0511. The molecule has 1 aliphatic heterocycles. The van der Waals surface area contributed by atoms with Crippen molar-refractivity contribution < 1.29 is 14.3 Å².